The van der Waals surface area contributed by atoms with Crippen molar-refractivity contribution in [1.82, 2.24) is 10.3 Å². The molecule has 2 heterocycles. The van der Waals surface area contributed by atoms with Crippen LogP contribution in [0.15, 0.2) is 23.9 Å². The Balaban J connectivity index is 2.40. The molecule has 1 amide bonds. The maximum absolute atomic E-state index is 11.6. The number of aryl methyl sites for hydroxylation is 1. The molecule has 1 aromatic heterocycles. The number of carbonyl (C=O) groups excluding carboxylic acids is 1. The van der Waals surface area contributed by atoms with Crippen molar-refractivity contribution in [1.29, 1.82) is 0 Å². The molecule has 0 bridgehead atoms. The summed E-state index contributed by atoms with van der Waals surface area (Å²) in [5, 5.41) is 4.32. The van der Waals surface area contributed by atoms with Gasteiger partial charge in [0.25, 0.3) is 0 Å². The van der Waals surface area contributed by atoms with Crippen LogP contribution in [0.2, 0.25) is 0 Å². The van der Waals surface area contributed by atoms with Gasteiger partial charge in [0.2, 0.25) is 5.91 Å². The number of nitrogens with one attached hydrogen (secondary N) is 1. The number of nitrogens with two attached hydrogens (primary N) is 1. The van der Waals surface area contributed by atoms with Crippen LogP contribution in [-0.4, -0.2) is 10.9 Å². The maximum atomic E-state index is 11.6. The zero-order chi connectivity index (χ0) is 10.8. The highest BCUT2D eigenvalue weighted by Gasteiger charge is 2.23. The Labute approximate surface area is 92.0 Å². The number of anilines is 1. The first-order valence-corrected chi connectivity index (χ1v) is 5.45. The lowest BCUT2D eigenvalue weighted by Crippen LogP contribution is -2.26. The molecule has 3 N–H and O–H groups in total. The summed E-state index contributed by atoms with van der Waals surface area (Å²) in [6.07, 6.45) is 3.33. The number of hydrogen-bond donors (Lipinski definition) is 2. The van der Waals surface area contributed by atoms with Crippen molar-refractivity contribution >= 4 is 23.5 Å². The van der Waals surface area contributed by atoms with E-state index in [0.717, 1.165) is 11.1 Å². The number of amides is 1. The molecule has 0 saturated heterocycles. The predicted octanol–water partition coefficient (Wildman–Crippen LogP) is 1.35. The Morgan fingerprint density at radius 1 is 1.60 bits per heavy atom. The fourth-order valence-electron chi connectivity index (χ4n) is 1.42. The van der Waals surface area contributed by atoms with Crippen LogP contribution < -0.4 is 11.1 Å². The van der Waals surface area contributed by atoms with Crippen LogP contribution in [0.1, 0.15) is 16.4 Å². The summed E-state index contributed by atoms with van der Waals surface area (Å²) in [6, 6.07) is 1.76. The number of rotatable bonds is 1. The van der Waals surface area contributed by atoms with Gasteiger partial charge in [0.1, 0.15) is 11.1 Å². The second-order valence-corrected chi connectivity index (χ2v) is 4.31. The van der Waals surface area contributed by atoms with E-state index >= 15 is 0 Å². The zero-order valence-electron chi connectivity index (χ0n) is 8.23. The number of nitrogen functional groups attached to an aromatic ring is 1. The highest BCUT2D eigenvalue weighted by molar-refractivity contribution is 8.03. The highest BCUT2D eigenvalue weighted by atomic mass is 32.2. The first-order chi connectivity index (χ1) is 7.18. The number of pyridine rings is 1. The first-order valence-electron chi connectivity index (χ1n) is 4.51. The van der Waals surface area contributed by atoms with E-state index in [1.54, 1.807) is 18.5 Å². The van der Waals surface area contributed by atoms with Crippen LogP contribution in [0.3, 0.4) is 0 Å². The molecule has 1 aliphatic heterocycles. The van der Waals surface area contributed by atoms with Crippen LogP contribution in [0.5, 0.6) is 0 Å². The number of hydrogen-bond acceptors (Lipinski definition) is 4. The SMILES string of the molecule is Cc1cnc(N)cc1C1SC=CNC1=O. The van der Waals surface area contributed by atoms with Gasteiger partial charge < -0.3 is 11.1 Å². The minimum atomic E-state index is -0.222. The lowest BCUT2D eigenvalue weighted by Gasteiger charge is -2.19. The molecule has 1 atom stereocenters. The molecule has 78 valence electrons. The largest absolute Gasteiger partial charge is 0.384 e. The van der Waals surface area contributed by atoms with Crippen LogP contribution >= 0.6 is 11.8 Å². The first kappa shape index (κ1) is 10.0. The van der Waals surface area contributed by atoms with Crippen LogP contribution in [0.25, 0.3) is 0 Å². The minimum Gasteiger partial charge on any atom is -0.384 e. The molecule has 1 aliphatic rings. The lowest BCUT2D eigenvalue weighted by atomic mass is 10.1. The number of thioether (sulfide) groups is 1. The molecule has 15 heavy (non-hydrogen) atoms. The maximum Gasteiger partial charge on any atom is 0.241 e. The van der Waals surface area contributed by atoms with E-state index in [4.69, 9.17) is 5.73 Å². The Morgan fingerprint density at radius 2 is 2.40 bits per heavy atom. The average molecular weight is 221 g/mol. The second-order valence-electron chi connectivity index (χ2n) is 3.29. The van der Waals surface area contributed by atoms with Gasteiger partial charge in [0.15, 0.2) is 0 Å². The quantitative estimate of drug-likeness (QED) is 0.751. The van der Waals surface area contributed by atoms with E-state index in [0.29, 0.717) is 5.82 Å². The van der Waals surface area contributed by atoms with Crippen molar-refractivity contribution in [2.24, 2.45) is 0 Å². The third-order valence-corrected chi connectivity index (χ3v) is 3.23. The fourth-order valence-corrected chi connectivity index (χ4v) is 2.32. The van der Waals surface area contributed by atoms with Gasteiger partial charge in [-0.1, -0.05) is 0 Å². The van der Waals surface area contributed by atoms with Crippen molar-refractivity contribution in [3.8, 4) is 0 Å². The van der Waals surface area contributed by atoms with Crippen molar-refractivity contribution < 1.29 is 4.79 Å². The summed E-state index contributed by atoms with van der Waals surface area (Å²) < 4.78 is 0. The van der Waals surface area contributed by atoms with Gasteiger partial charge in [-0.2, -0.15) is 0 Å². The van der Waals surface area contributed by atoms with Gasteiger partial charge in [-0.25, -0.2) is 4.98 Å². The molecule has 1 aromatic rings. The van der Waals surface area contributed by atoms with E-state index in [1.165, 1.54) is 11.8 Å². The van der Waals surface area contributed by atoms with Crippen molar-refractivity contribution in [3.05, 3.63) is 35.0 Å². The molecule has 4 nitrogen and oxygen atoms in total. The van der Waals surface area contributed by atoms with E-state index in [1.807, 2.05) is 12.3 Å². The van der Waals surface area contributed by atoms with Crippen molar-refractivity contribution in [3.63, 3.8) is 0 Å². The third kappa shape index (κ3) is 1.97. The molecular weight excluding hydrogens is 210 g/mol. The summed E-state index contributed by atoms with van der Waals surface area (Å²) in [4.78, 5) is 15.6. The Kier molecular flexibility index (Phi) is 2.64. The van der Waals surface area contributed by atoms with Crippen LogP contribution in [-0.2, 0) is 4.79 Å². The third-order valence-electron chi connectivity index (χ3n) is 2.19. The van der Waals surface area contributed by atoms with E-state index < -0.39 is 0 Å². The Bertz CT molecular complexity index is 431. The standard InChI is InChI=1S/C10H11N3OS/c1-6-5-13-8(11)4-7(6)9-10(14)12-2-3-15-9/h2-5,9H,1H3,(H2,11,13)(H,12,14). The molecule has 1 unspecified atom stereocenters. The zero-order valence-corrected chi connectivity index (χ0v) is 9.04. The van der Waals surface area contributed by atoms with Gasteiger partial charge in [0, 0.05) is 12.4 Å². The van der Waals surface area contributed by atoms with Gasteiger partial charge in [-0.05, 0) is 29.5 Å². The smallest absolute Gasteiger partial charge is 0.241 e. The normalized spacial score (nSPS) is 20.1. The summed E-state index contributed by atoms with van der Waals surface area (Å²) in [5.74, 6) is 0.426. The topological polar surface area (TPSA) is 68.0 Å². The van der Waals surface area contributed by atoms with E-state index in [2.05, 4.69) is 10.3 Å². The molecule has 0 fully saturated rings. The van der Waals surface area contributed by atoms with Crippen LogP contribution in [0.4, 0.5) is 5.82 Å². The van der Waals surface area contributed by atoms with Gasteiger partial charge in [-0.15, -0.1) is 11.8 Å². The minimum absolute atomic E-state index is 0.0174. The molecule has 5 heteroatoms. The Morgan fingerprint density at radius 3 is 3.13 bits per heavy atom. The predicted molar refractivity (Wildman–Crippen MR) is 61.0 cm³/mol. The monoisotopic (exact) mass is 221 g/mol. The average Bonchev–Trinajstić information content (AvgIpc) is 2.23. The number of aromatic nitrogens is 1. The number of carbonyl (C=O) groups is 1. The molecule has 0 saturated carbocycles. The van der Waals surface area contributed by atoms with E-state index in [-0.39, 0.29) is 11.2 Å². The van der Waals surface area contributed by atoms with Crippen LogP contribution in [0, 0.1) is 6.92 Å². The summed E-state index contributed by atoms with van der Waals surface area (Å²) in [5.41, 5.74) is 7.51. The molecule has 2 rings (SSSR count). The molecule has 0 radical (unpaired) electrons. The van der Waals surface area contributed by atoms with E-state index in [9.17, 15) is 4.79 Å². The number of nitrogens with zero attached hydrogens (tertiary/aromatic N) is 1. The molecule has 0 aliphatic carbocycles. The molecule has 0 spiro atoms. The summed E-state index contributed by atoms with van der Waals surface area (Å²) in [7, 11) is 0. The lowest BCUT2D eigenvalue weighted by molar-refractivity contribution is -0.119. The highest BCUT2D eigenvalue weighted by Crippen LogP contribution is 2.34. The summed E-state index contributed by atoms with van der Waals surface area (Å²) >= 11 is 1.47. The fraction of sp³-hybridized carbons (Fsp3) is 0.200. The van der Waals surface area contributed by atoms with Crippen molar-refractivity contribution in [2.45, 2.75) is 12.2 Å². The molecule has 0 aromatic carbocycles. The second kappa shape index (κ2) is 3.94. The van der Waals surface area contributed by atoms with Crippen molar-refractivity contribution in [2.75, 3.05) is 5.73 Å². The summed E-state index contributed by atoms with van der Waals surface area (Å²) in [6.45, 7) is 1.92. The Hall–Kier alpha value is -1.49. The van der Waals surface area contributed by atoms with Gasteiger partial charge >= 0.3 is 0 Å². The van der Waals surface area contributed by atoms with Gasteiger partial charge in [0.05, 0.1) is 0 Å². The molecular formula is C10H11N3OS. The van der Waals surface area contributed by atoms with Gasteiger partial charge in [-0.3, -0.25) is 4.79 Å².